The van der Waals surface area contributed by atoms with Crippen molar-refractivity contribution in [2.75, 3.05) is 0 Å². The lowest BCUT2D eigenvalue weighted by molar-refractivity contribution is -0.222. The van der Waals surface area contributed by atoms with Crippen LogP contribution in [0.25, 0.3) is 0 Å². The van der Waals surface area contributed by atoms with Crippen LogP contribution in [0.15, 0.2) is 35.1 Å². The Bertz CT molecular complexity index is 972. The van der Waals surface area contributed by atoms with Gasteiger partial charge in [-0.3, -0.25) is 9.59 Å². The van der Waals surface area contributed by atoms with Gasteiger partial charge in [-0.1, -0.05) is 34.6 Å². The molecular formula is C27H36O4. The van der Waals surface area contributed by atoms with Gasteiger partial charge in [-0.25, -0.2) is 0 Å². The minimum atomic E-state index is -0.619. The van der Waals surface area contributed by atoms with Crippen LogP contribution in [-0.2, 0) is 9.59 Å². The van der Waals surface area contributed by atoms with Crippen molar-refractivity contribution in [3.8, 4) is 0 Å². The predicted octanol–water partition coefficient (Wildman–Crippen LogP) is 5.08. The molecule has 5 aliphatic rings. The zero-order valence-electron chi connectivity index (χ0n) is 19.5. The van der Waals surface area contributed by atoms with E-state index < -0.39 is 6.10 Å². The summed E-state index contributed by atoms with van der Waals surface area (Å²) in [5, 5.41) is 21.5. The van der Waals surface area contributed by atoms with Gasteiger partial charge < -0.3 is 10.2 Å². The van der Waals surface area contributed by atoms with Gasteiger partial charge in [0.25, 0.3) is 0 Å². The van der Waals surface area contributed by atoms with E-state index in [9.17, 15) is 19.8 Å². The summed E-state index contributed by atoms with van der Waals surface area (Å²) < 4.78 is 0. The number of hydrogen-bond donors (Lipinski definition) is 2. The van der Waals surface area contributed by atoms with Crippen LogP contribution in [-0.4, -0.2) is 27.9 Å². The lowest BCUT2D eigenvalue weighted by Crippen LogP contribution is -2.66. The van der Waals surface area contributed by atoms with Crippen molar-refractivity contribution in [1.29, 1.82) is 0 Å². The molecule has 2 N–H and O–H groups in total. The fourth-order valence-corrected chi connectivity index (χ4v) is 8.89. The maximum absolute atomic E-state index is 12.6. The Labute approximate surface area is 185 Å². The molecule has 0 radical (unpaired) electrons. The van der Waals surface area contributed by atoms with Gasteiger partial charge in [0.05, 0.1) is 6.10 Å². The minimum absolute atomic E-state index is 0.00711. The minimum Gasteiger partial charge on any atom is -0.504 e. The molecule has 0 spiro atoms. The predicted molar refractivity (Wildman–Crippen MR) is 119 cm³/mol. The Morgan fingerprint density at radius 2 is 1.65 bits per heavy atom. The van der Waals surface area contributed by atoms with Gasteiger partial charge >= 0.3 is 0 Å². The van der Waals surface area contributed by atoms with E-state index in [1.54, 1.807) is 6.08 Å². The van der Waals surface area contributed by atoms with Crippen molar-refractivity contribution in [3.63, 3.8) is 0 Å². The molecular weight excluding hydrogens is 388 g/mol. The van der Waals surface area contributed by atoms with Crippen LogP contribution >= 0.6 is 0 Å². The fraction of sp³-hybridized carbons (Fsp3) is 0.704. The maximum atomic E-state index is 12.6. The van der Waals surface area contributed by atoms with Crippen molar-refractivity contribution in [1.82, 2.24) is 0 Å². The molecule has 0 bridgehead atoms. The summed E-state index contributed by atoms with van der Waals surface area (Å²) in [5.41, 5.74) is 1.44. The number of ketones is 2. The second kappa shape index (κ2) is 6.21. The summed E-state index contributed by atoms with van der Waals surface area (Å²) >= 11 is 0. The van der Waals surface area contributed by atoms with Crippen LogP contribution in [0.2, 0.25) is 0 Å². The molecule has 0 amide bonds. The number of hydrogen-bond acceptors (Lipinski definition) is 4. The van der Waals surface area contributed by atoms with Gasteiger partial charge in [0.2, 0.25) is 5.78 Å². The second-order valence-corrected chi connectivity index (χ2v) is 12.3. The summed E-state index contributed by atoms with van der Waals surface area (Å²) in [6, 6.07) is 0. The second-order valence-electron chi connectivity index (χ2n) is 12.3. The first-order valence-electron chi connectivity index (χ1n) is 12.0. The lowest BCUT2D eigenvalue weighted by atomic mass is 9.33. The average Bonchev–Trinajstić information content (AvgIpc) is 2.68. The van der Waals surface area contributed by atoms with Gasteiger partial charge in [-0.2, -0.15) is 0 Å². The van der Waals surface area contributed by atoms with Crippen LogP contribution in [0, 0.1) is 39.4 Å². The van der Waals surface area contributed by atoms with Crippen molar-refractivity contribution in [3.05, 3.63) is 35.1 Å². The Balaban J connectivity index is 1.63. The molecule has 0 heterocycles. The third kappa shape index (κ3) is 2.52. The quantitative estimate of drug-likeness (QED) is 0.568. The standard InChI is InChI=1S/C27H36O4/c1-15-10-22-24(2,14-21(15)31)6-8-27(5)23-20(30)12-16-11-18(28)19(29)13-17(16)25(23,3)7-9-26(22,27)4/h11-13,15,20,22-23,28,30H,6-10,14H2,1-5H3/t15?,20-,22+,23-,24?,25-,26-,27?/m0/s1. The van der Waals surface area contributed by atoms with E-state index >= 15 is 0 Å². The Morgan fingerprint density at radius 3 is 2.35 bits per heavy atom. The summed E-state index contributed by atoms with van der Waals surface area (Å²) in [7, 11) is 0. The third-order valence-corrected chi connectivity index (χ3v) is 10.8. The molecule has 0 aromatic carbocycles. The SMILES string of the molecule is CC1C[C@@H]2C(C)(CCC3(C)[C@H]4[C@@H](O)C=C5C=C(O)C(=O)C=C5[C@]4(C)CC[C@@]23C)CC1=O. The fourth-order valence-electron chi connectivity index (χ4n) is 8.89. The molecule has 3 unspecified atom stereocenters. The van der Waals surface area contributed by atoms with Crippen LogP contribution in [0.3, 0.4) is 0 Å². The average molecular weight is 425 g/mol. The molecule has 3 fully saturated rings. The van der Waals surface area contributed by atoms with Gasteiger partial charge in [-0.15, -0.1) is 0 Å². The van der Waals surface area contributed by atoms with Gasteiger partial charge in [0.15, 0.2) is 5.76 Å². The normalized spacial score (nSPS) is 51.5. The highest BCUT2D eigenvalue weighted by Crippen LogP contribution is 2.75. The first kappa shape index (κ1) is 21.2. The molecule has 3 saturated carbocycles. The number of fused-ring (bicyclic) bond motifs is 7. The molecule has 0 aromatic rings. The highest BCUT2D eigenvalue weighted by molar-refractivity contribution is 6.05. The first-order chi connectivity index (χ1) is 14.4. The van der Waals surface area contributed by atoms with Gasteiger partial charge in [0.1, 0.15) is 5.78 Å². The highest BCUT2D eigenvalue weighted by atomic mass is 16.3. The van der Waals surface area contributed by atoms with Crippen LogP contribution in [0.5, 0.6) is 0 Å². The summed E-state index contributed by atoms with van der Waals surface area (Å²) in [6.45, 7) is 11.4. The number of Topliss-reactive ketones (excluding diaryl/α,β-unsaturated/α-hetero) is 1. The highest BCUT2D eigenvalue weighted by Gasteiger charge is 2.69. The molecule has 168 valence electrons. The van der Waals surface area contributed by atoms with E-state index in [2.05, 4.69) is 34.6 Å². The molecule has 4 nitrogen and oxygen atoms in total. The zero-order chi connectivity index (χ0) is 22.6. The number of carbonyl (C=O) groups excluding carboxylic acids is 2. The summed E-state index contributed by atoms with van der Waals surface area (Å²) in [4.78, 5) is 25.0. The lowest BCUT2D eigenvalue weighted by Gasteiger charge is -2.71. The van der Waals surface area contributed by atoms with Gasteiger partial charge in [-0.05, 0) is 89.1 Å². The van der Waals surface area contributed by atoms with E-state index in [0.29, 0.717) is 18.1 Å². The topological polar surface area (TPSA) is 74.6 Å². The van der Waals surface area contributed by atoms with Gasteiger partial charge in [0, 0.05) is 18.3 Å². The maximum Gasteiger partial charge on any atom is 0.220 e. The number of rotatable bonds is 0. The van der Waals surface area contributed by atoms with E-state index in [1.165, 1.54) is 6.08 Å². The van der Waals surface area contributed by atoms with Crippen LogP contribution < -0.4 is 0 Å². The summed E-state index contributed by atoms with van der Waals surface area (Å²) in [5.74, 6) is 0.407. The molecule has 0 saturated heterocycles. The van der Waals surface area contributed by atoms with Crippen molar-refractivity contribution in [2.45, 2.75) is 79.2 Å². The number of aliphatic hydroxyl groups is 2. The molecule has 8 atom stereocenters. The molecule has 4 heteroatoms. The largest absolute Gasteiger partial charge is 0.504 e. The van der Waals surface area contributed by atoms with Crippen molar-refractivity contribution < 1.29 is 19.8 Å². The summed E-state index contributed by atoms with van der Waals surface area (Å²) in [6.07, 6.45) is 9.94. The molecule has 31 heavy (non-hydrogen) atoms. The molecule has 5 aliphatic carbocycles. The Kier molecular flexibility index (Phi) is 4.25. The zero-order valence-corrected chi connectivity index (χ0v) is 19.5. The number of carbonyl (C=O) groups is 2. The number of allylic oxidation sites excluding steroid dienone is 4. The monoisotopic (exact) mass is 424 g/mol. The van der Waals surface area contributed by atoms with Crippen molar-refractivity contribution >= 4 is 11.6 Å². The molecule has 5 rings (SSSR count). The van der Waals surface area contributed by atoms with Crippen LogP contribution in [0.1, 0.15) is 73.1 Å². The van der Waals surface area contributed by atoms with E-state index in [1.807, 2.05) is 6.08 Å². The molecule has 0 aromatic heterocycles. The van der Waals surface area contributed by atoms with E-state index in [0.717, 1.165) is 43.3 Å². The number of aliphatic hydroxyl groups excluding tert-OH is 2. The Hall–Kier alpha value is -1.68. The first-order valence-corrected chi connectivity index (χ1v) is 12.0. The van der Waals surface area contributed by atoms with Crippen molar-refractivity contribution in [2.24, 2.45) is 39.4 Å². The van der Waals surface area contributed by atoms with E-state index in [-0.39, 0.29) is 45.0 Å². The van der Waals surface area contributed by atoms with Crippen LogP contribution in [0.4, 0.5) is 0 Å². The Morgan fingerprint density at radius 1 is 0.968 bits per heavy atom. The smallest absolute Gasteiger partial charge is 0.220 e. The van der Waals surface area contributed by atoms with E-state index in [4.69, 9.17) is 0 Å². The molecule has 0 aliphatic heterocycles. The third-order valence-electron chi connectivity index (χ3n) is 10.8.